The molecule has 0 spiro atoms. The molecule has 1 aromatic carbocycles. The summed E-state index contributed by atoms with van der Waals surface area (Å²) in [5.41, 5.74) is 3.28. The Morgan fingerprint density at radius 2 is 2.18 bits per heavy atom. The van der Waals surface area contributed by atoms with Crippen molar-refractivity contribution in [1.82, 2.24) is 10.2 Å². The van der Waals surface area contributed by atoms with E-state index in [0.717, 1.165) is 29.2 Å². The molecular weight excluding hydrogens is 214 g/mol. The Balaban J connectivity index is 2.47. The van der Waals surface area contributed by atoms with E-state index in [-0.39, 0.29) is 0 Å². The summed E-state index contributed by atoms with van der Waals surface area (Å²) in [5.74, 6) is 1.68. The standard InChI is InChI=1S/C13H17N3O/c1-4-9-5-6-12(17-3)10(7-9)11-8-13(14-2)16-15-11/h5-8H,4H2,1-3H3,(H2,14,15,16). The van der Waals surface area contributed by atoms with Gasteiger partial charge in [0.1, 0.15) is 11.6 Å². The summed E-state index contributed by atoms with van der Waals surface area (Å²) in [4.78, 5) is 0. The number of aryl methyl sites for hydroxylation is 1. The Morgan fingerprint density at radius 3 is 2.76 bits per heavy atom. The van der Waals surface area contributed by atoms with Crippen molar-refractivity contribution in [2.75, 3.05) is 19.5 Å². The zero-order chi connectivity index (χ0) is 12.3. The number of hydrogen-bond donors (Lipinski definition) is 2. The quantitative estimate of drug-likeness (QED) is 0.850. The van der Waals surface area contributed by atoms with E-state index >= 15 is 0 Å². The summed E-state index contributed by atoms with van der Waals surface area (Å²) in [6, 6.07) is 8.18. The van der Waals surface area contributed by atoms with E-state index in [1.54, 1.807) is 7.11 Å². The molecule has 90 valence electrons. The van der Waals surface area contributed by atoms with Gasteiger partial charge in [-0.25, -0.2) is 0 Å². The maximum absolute atomic E-state index is 5.37. The molecule has 0 fully saturated rings. The first-order valence-corrected chi connectivity index (χ1v) is 5.69. The third-order valence-electron chi connectivity index (χ3n) is 2.80. The Bertz CT molecular complexity index is 505. The molecule has 1 aromatic heterocycles. The van der Waals surface area contributed by atoms with Crippen LogP contribution in [0.4, 0.5) is 5.82 Å². The first-order chi connectivity index (χ1) is 8.28. The molecule has 0 bridgehead atoms. The van der Waals surface area contributed by atoms with Gasteiger partial charge in [-0.15, -0.1) is 0 Å². The number of rotatable bonds is 4. The summed E-state index contributed by atoms with van der Waals surface area (Å²) in [6.45, 7) is 2.14. The average Bonchev–Trinajstić information content (AvgIpc) is 2.86. The second-order valence-corrected chi connectivity index (χ2v) is 3.81. The minimum atomic E-state index is 0.823. The van der Waals surface area contributed by atoms with Gasteiger partial charge in [-0.1, -0.05) is 13.0 Å². The largest absolute Gasteiger partial charge is 0.496 e. The molecule has 0 amide bonds. The summed E-state index contributed by atoms with van der Waals surface area (Å²) >= 11 is 0. The molecule has 2 rings (SSSR count). The molecule has 0 saturated carbocycles. The van der Waals surface area contributed by atoms with Crippen molar-refractivity contribution < 1.29 is 4.74 Å². The van der Waals surface area contributed by atoms with Crippen LogP contribution in [0.2, 0.25) is 0 Å². The number of benzene rings is 1. The predicted molar refractivity (Wildman–Crippen MR) is 69.5 cm³/mol. The van der Waals surface area contributed by atoms with E-state index in [0.29, 0.717) is 0 Å². The van der Waals surface area contributed by atoms with Crippen LogP contribution in [0.25, 0.3) is 11.3 Å². The third kappa shape index (κ3) is 2.25. The average molecular weight is 231 g/mol. The van der Waals surface area contributed by atoms with Crippen LogP contribution in [0.3, 0.4) is 0 Å². The van der Waals surface area contributed by atoms with Crippen LogP contribution in [0, 0.1) is 0 Å². The van der Waals surface area contributed by atoms with E-state index in [1.165, 1.54) is 5.56 Å². The van der Waals surface area contributed by atoms with Gasteiger partial charge in [-0.05, 0) is 24.1 Å². The van der Waals surface area contributed by atoms with Crippen molar-refractivity contribution in [2.24, 2.45) is 0 Å². The lowest BCUT2D eigenvalue weighted by Gasteiger charge is -2.08. The predicted octanol–water partition coefficient (Wildman–Crippen LogP) is 2.69. The van der Waals surface area contributed by atoms with Crippen molar-refractivity contribution in [3.05, 3.63) is 29.8 Å². The van der Waals surface area contributed by atoms with Crippen LogP contribution < -0.4 is 10.1 Å². The molecule has 0 atom stereocenters. The molecule has 2 aromatic rings. The lowest BCUT2D eigenvalue weighted by atomic mass is 10.1. The number of nitrogens with one attached hydrogen (secondary N) is 2. The number of nitrogens with zero attached hydrogens (tertiary/aromatic N) is 1. The topological polar surface area (TPSA) is 49.9 Å². The van der Waals surface area contributed by atoms with Crippen molar-refractivity contribution in [1.29, 1.82) is 0 Å². The molecule has 17 heavy (non-hydrogen) atoms. The van der Waals surface area contributed by atoms with Crippen molar-refractivity contribution >= 4 is 5.82 Å². The Hall–Kier alpha value is -1.97. The van der Waals surface area contributed by atoms with Gasteiger partial charge in [0, 0.05) is 18.7 Å². The minimum absolute atomic E-state index is 0.823. The molecule has 2 N–H and O–H groups in total. The number of methoxy groups -OCH3 is 1. The number of aromatic amines is 1. The van der Waals surface area contributed by atoms with E-state index in [1.807, 2.05) is 19.2 Å². The SMILES string of the molecule is CCc1ccc(OC)c(-c2cc(NC)n[nH]2)c1. The molecule has 0 aliphatic heterocycles. The van der Waals surface area contributed by atoms with Gasteiger partial charge in [0.25, 0.3) is 0 Å². The van der Waals surface area contributed by atoms with Crippen LogP contribution in [0.15, 0.2) is 24.3 Å². The highest BCUT2D eigenvalue weighted by atomic mass is 16.5. The first kappa shape index (κ1) is 11.5. The molecular formula is C13H17N3O. The smallest absolute Gasteiger partial charge is 0.148 e. The third-order valence-corrected chi connectivity index (χ3v) is 2.80. The van der Waals surface area contributed by atoms with Crippen LogP contribution in [0.5, 0.6) is 5.75 Å². The second kappa shape index (κ2) is 4.91. The normalized spacial score (nSPS) is 10.3. The maximum atomic E-state index is 5.37. The summed E-state index contributed by atoms with van der Waals surface area (Å²) in [7, 11) is 3.53. The second-order valence-electron chi connectivity index (χ2n) is 3.81. The van der Waals surface area contributed by atoms with E-state index in [9.17, 15) is 0 Å². The van der Waals surface area contributed by atoms with Gasteiger partial charge in [0.2, 0.25) is 0 Å². The fraction of sp³-hybridized carbons (Fsp3) is 0.308. The monoisotopic (exact) mass is 231 g/mol. The number of H-pyrrole nitrogens is 1. The Kier molecular flexibility index (Phi) is 3.32. The highest BCUT2D eigenvalue weighted by molar-refractivity contribution is 5.70. The molecule has 0 aliphatic carbocycles. The fourth-order valence-electron chi connectivity index (χ4n) is 1.77. The van der Waals surface area contributed by atoms with Gasteiger partial charge in [0.05, 0.1) is 12.8 Å². The molecule has 0 saturated heterocycles. The van der Waals surface area contributed by atoms with Crippen LogP contribution in [-0.2, 0) is 6.42 Å². The number of ether oxygens (including phenoxy) is 1. The van der Waals surface area contributed by atoms with Crippen molar-refractivity contribution in [3.8, 4) is 17.0 Å². The minimum Gasteiger partial charge on any atom is -0.496 e. The fourth-order valence-corrected chi connectivity index (χ4v) is 1.77. The van der Waals surface area contributed by atoms with Crippen LogP contribution >= 0.6 is 0 Å². The van der Waals surface area contributed by atoms with E-state index in [2.05, 4.69) is 34.6 Å². The van der Waals surface area contributed by atoms with E-state index in [4.69, 9.17) is 4.74 Å². The summed E-state index contributed by atoms with van der Waals surface area (Å²) in [5, 5.41) is 10.2. The van der Waals surface area contributed by atoms with Crippen LogP contribution in [0.1, 0.15) is 12.5 Å². The Labute approximate surface area is 101 Å². The molecule has 0 aliphatic rings. The highest BCUT2D eigenvalue weighted by Crippen LogP contribution is 2.30. The molecule has 0 radical (unpaired) electrons. The number of aromatic nitrogens is 2. The lowest BCUT2D eigenvalue weighted by Crippen LogP contribution is -1.90. The number of anilines is 1. The van der Waals surface area contributed by atoms with Crippen molar-refractivity contribution in [3.63, 3.8) is 0 Å². The zero-order valence-electron chi connectivity index (χ0n) is 10.4. The first-order valence-electron chi connectivity index (χ1n) is 5.69. The summed E-state index contributed by atoms with van der Waals surface area (Å²) < 4.78 is 5.37. The Morgan fingerprint density at radius 1 is 1.35 bits per heavy atom. The number of hydrogen-bond acceptors (Lipinski definition) is 3. The summed E-state index contributed by atoms with van der Waals surface area (Å²) in [6.07, 6.45) is 1.00. The van der Waals surface area contributed by atoms with Crippen molar-refractivity contribution in [2.45, 2.75) is 13.3 Å². The van der Waals surface area contributed by atoms with Crippen LogP contribution in [-0.4, -0.2) is 24.4 Å². The maximum Gasteiger partial charge on any atom is 0.148 e. The van der Waals surface area contributed by atoms with Gasteiger partial charge in [0.15, 0.2) is 0 Å². The molecule has 0 unspecified atom stereocenters. The van der Waals surface area contributed by atoms with Gasteiger partial charge in [-0.3, -0.25) is 5.10 Å². The van der Waals surface area contributed by atoms with Gasteiger partial charge in [-0.2, -0.15) is 5.10 Å². The van der Waals surface area contributed by atoms with Gasteiger partial charge < -0.3 is 10.1 Å². The molecule has 4 nitrogen and oxygen atoms in total. The molecule has 1 heterocycles. The lowest BCUT2D eigenvalue weighted by molar-refractivity contribution is 0.416. The van der Waals surface area contributed by atoms with E-state index < -0.39 is 0 Å². The highest BCUT2D eigenvalue weighted by Gasteiger charge is 2.09. The zero-order valence-corrected chi connectivity index (χ0v) is 10.4. The van der Waals surface area contributed by atoms with Gasteiger partial charge >= 0.3 is 0 Å². The molecule has 4 heteroatoms.